The van der Waals surface area contributed by atoms with Gasteiger partial charge in [0.2, 0.25) is 10.0 Å². The molecule has 0 saturated carbocycles. The van der Waals surface area contributed by atoms with Gasteiger partial charge in [-0.3, -0.25) is 4.79 Å². The van der Waals surface area contributed by atoms with Crippen LogP contribution < -0.4 is 10.2 Å². The smallest absolute Gasteiger partial charge is 0.271 e. The molecule has 8 heteroatoms. The highest BCUT2D eigenvalue weighted by Gasteiger charge is 2.18. The van der Waals surface area contributed by atoms with Gasteiger partial charge in [0.05, 0.1) is 18.2 Å². The summed E-state index contributed by atoms with van der Waals surface area (Å²) in [5.74, 6) is 0.108. The predicted octanol–water partition coefficient (Wildman–Crippen LogP) is 2.86. The van der Waals surface area contributed by atoms with Crippen molar-refractivity contribution in [3.8, 4) is 5.75 Å². The number of benzene rings is 3. The lowest BCUT2D eigenvalue weighted by atomic mass is 10.0. The summed E-state index contributed by atoms with van der Waals surface area (Å²) in [5, 5.41) is 5.99. The fourth-order valence-electron chi connectivity index (χ4n) is 2.82. The summed E-state index contributed by atoms with van der Waals surface area (Å²) in [6.45, 7) is 0. The Labute approximate surface area is 169 Å². The maximum Gasteiger partial charge on any atom is 0.271 e. The van der Waals surface area contributed by atoms with Gasteiger partial charge in [0.25, 0.3) is 5.91 Å². The normalized spacial score (nSPS) is 11.9. The third-order valence-corrected chi connectivity index (χ3v) is 6.20. The van der Waals surface area contributed by atoms with Crippen molar-refractivity contribution in [2.75, 3.05) is 21.2 Å². The highest BCUT2D eigenvalue weighted by Crippen LogP contribution is 2.26. The van der Waals surface area contributed by atoms with Crippen LogP contribution in [0, 0.1) is 0 Å². The van der Waals surface area contributed by atoms with Crippen molar-refractivity contribution in [2.24, 2.45) is 5.10 Å². The van der Waals surface area contributed by atoms with E-state index in [1.165, 1.54) is 44.6 Å². The van der Waals surface area contributed by atoms with E-state index in [2.05, 4.69) is 10.5 Å². The van der Waals surface area contributed by atoms with Gasteiger partial charge in [0.15, 0.2) is 0 Å². The van der Waals surface area contributed by atoms with Crippen LogP contribution in [0.3, 0.4) is 0 Å². The number of carbonyl (C=O) groups is 1. The fraction of sp³-hybridized carbons (Fsp3) is 0.143. The minimum absolute atomic E-state index is 0.0369. The number of hydrazone groups is 1. The molecule has 0 atom stereocenters. The van der Waals surface area contributed by atoms with E-state index in [4.69, 9.17) is 4.74 Å². The summed E-state index contributed by atoms with van der Waals surface area (Å²) in [5.41, 5.74) is 3.36. The molecule has 0 heterocycles. The Hall–Kier alpha value is -3.23. The third-order valence-electron chi connectivity index (χ3n) is 4.39. The van der Waals surface area contributed by atoms with Gasteiger partial charge in [-0.15, -0.1) is 0 Å². The van der Waals surface area contributed by atoms with Crippen LogP contribution in [0.15, 0.2) is 70.7 Å². The molecule has 1 amide bonds. The molecule has 0 aliphatic rings. The number of nitrogens with one attached hydrogen (secondary N) is 1. The van der Waals surface area contributed by atoms with Crippen LogP contribution in [0.2, 0.25) is 0 Å². The first kappa shape index (κ1) is 20.5. The Bertz CT molecular complexity index is 1190. The van der Waals surface area contributed by atoms with Gasteiger partial charge in [0.1, 0.15) is 5.75 Å². The Morgan fingerprint density at radius 3 is 2.55 bits per heavy atom. The Morgan fingerprint density at radius 1 is 1.07 bits per heavy atom. The number of methoxy groups -OCH3 is 1. The van der Waals surface area contributed by atoms with Gasteiger partial charge in [-0.1, -0.05) is 36.4 Å². The minimum Gasteiger partial charge on any atom is -0.496 e. The predicted molar refractivity (Wildman–Crippen MR) is 113 cm³/mol. The zero-order chi connectivity index (χ0) is 21.0. The second-order valence-electron chi connectivity index (χ2n) is 6.42. The number of amides is 1. The first-order chi connectivity index (χ1) is 13.8. The molecule has 29 heavy (non-hydrogen) atoms. The van der Waals surface area contributed by atoms with Crippen LogP contribution in [-0.4, -0.2) is 46.0 Å². The van der Waals surface area contributed by atoms with Crippen LogP contribution in [-0.2, 0) is 10.0 Å². The third kappa shape index (κ3) is 4.28. The first-order valence-corrected chi connectivity index (χ1v) is 10.2. The molecule has 7 nitrogen and oxygen atoms in total. The zero-order valence-corrected chi connectivity index (χ0v) is 17.1. The zero-order valence-electron chi connectivity index (χ0n) is 16.3. The number of fused-ring (bicyclic) bond motifs is 1. The van der Waals surface area contributed by atoms with Crippen LogP contribution in [0.4, 0.5) is 0 Å². The van der Waals surface area contributed by atoms with E-state index in [0.717, 1.165) is 20.6 Å². The molecule has 1 N–H and O–H groups in total. The average Bonchev–Trinajstić information content (AvgIpc) is 2.73. The van der Waals surface area contributed by atoms with E-state index in [0.29, 0.717) is 5.75 Å². The maximum absolute atomic E-state index is 12.4. The van der Waals surface area contributed by atoms with Crippen molar-refractivity contribution in [3.05, 3.63) is 71.8 Å². The minimum atomic E-state index is -3.63. The van der Waals surface area contributed by atoms with Crippen molar-refractivity contribution in [1.82, 2.24) is 9.73 Å². The van der Waals surface area contributed by atoms with Crippen molar-refractivity contribution in [2.45, 2.75) is 4.90 Å². The van der Waals surface area contributed by atoms with Gasteiger partial charge in [-0.25, -0.2) is 18.1 Å². The van der Waals surface area contributed by atoms with E-state index in [-0.39, 0.29) is 10.5 Å². The number of hydrogen-bond acceptors (Lipinski definition) is 5. The summed E-state index contributed by atoms with van der Waals surface area (Å²) in [4.78, 5) is 12.5. The highest BCUT2D eigenvalue weighted by atomic mass is 32.2. The van der Waals surface area contributed by atoms with E-state index in [9.17, 15) is 13.2 Å². The topological polar surface area (TPSA) is 88.1 Å². The second kappa shape index (κ2) is 8.42. The highest BCUT2D eigenvalue weighted by molar-refractivity contribution is 7.89. The molecule has 0 bridgehead atoms. The van der Waals surface area contributed by atoms with Crippen molar-refractivity contribution in [3.63, 3.8) is 0 Å². The van der Waals surface area contributed by atoms with Crippen LogP contribution in [0.25, 0.3) is 10.8 Å². The summed E-state index contributed by atoms with van der Waals surface area (Å²) < 4.78 is 31.0. The van der Waals surface area contributed by atoms with Crippen LogP contribution in [0.5, 0.6) is 5.75 Å². The lowest BCUT2D eigenvalue weighted by Crippen LogP contribution is -2.23. The molecule has 3 rings (SSSR count). The van der Waals surface area contributed by atoms with Crippen LogP contribution in [0.1, 0.15) is 15.9 Å². The number of hydrogen-bond donors (Lipinski definition) is 1. The lowest BCUT2D eigenvalue weighted by Gasteiger charge is -2.12. The van der Waals surface area contributed by atoms with E-state index >= 15 is 0 Å². The number of nitrogens with zero attached hydrogens (tertiary/aromatic N) is 2. The fourth-order valence-corrected chi connectivity index (χ4v) is 3.76. The number of carbonyl (C=O) groups excluding carboxylic acids is 1. The molecule has 0 spiro atoms. The van der Waals surface area contributed by atoms with Crippen molar-refractivity contribution in [1.29, 1.82) is 0 Å². The van der Waals surface area contributed by atoms with E-state index < -0.39 is 15.9 Å². The summed E-state index contributed by atoms with van der Waals surface area (Å²) in [6, 6.07) is 17.3. The lowest BCUT2D eigenvalue weighted by molar-refractivity contribution is 0.0955. The molecule has 3 aromatic carbocycles. The largest absolute Gasteiger partial charge is 0.496 e. The van der Waals surface area contributed by atoms with Gasteiger partial charge >= 0.3 is 0 Å². The molecule has 0 aliphatic carbocycles. The summed E-state index contributed by atoms with van der Waals surface area (Å²) in [6.07, 6.45) is 1.51. The van der Waals surface area contributed by atoms with Gasteiger partial charge in [0, 0.05) is 25.2 Å². The molecule has 150 valence electrons. The molecule has 0 radical (unpaired) electrons. The Morgan fingerprint density at radius 2 is 1.83 bits per heavy atom. The van der Waals surface area contributed by atoms with Crippen molar-refractivity contribution < 1.29 is 17.9 Å². The summed E-state index contributed by atoms with van der Waals surface area (Å²) >= 11 is 0. The van der Waals surface area contributed by atoms with Crippen LogP contribution >= 0.6 is 0 Å². The monoisotopic (exact) mass is 411 g/mol. The number of sulfonamides is 1. The quantitative estimate of drug-likeness (QED) is 0.499. The standard InChI is InChI=1S/C21H21N3O4S/c1-24(2)29(26,27)17-9-6-8-16(13-17)21(25)23-22-14-19-18-10-5-4-7-15(18)11-12-20(19)28-3/h4-14H,1-3H3,(H,23,25)/b22-14-. The first-order valence-electron chi connectivity index (χ1n) is 8.76. The van der Waals surface area contributed by atoms with Gasteiger partial charge in [-0.2, -0.15) is 5.10 Å². The second-order valence-corrected chi connectivity index (χ2v) is 8.57. The van der Waals surface area contributed by atoms with E-state index in [1.54, 1.807) is 7.11 Å². The molecule has 0 aromatic heterocycles. The SMILES string of the molecule is COc1ccc2ccccc2c1/C=N\NC(=O)c1cccc(S(=O)(=O)N(C)C)c1. The maximum atomic E-state index is 12.4. The summed E-state index contributed by atoms with van der Waals surface area (Å²) in [7, 11) is 0.804. The molecule has 0 unspecified atom stereocenters. The average molecular weight is 411 g/mol. The molecule has 0 aliphatic heterocycles. The molecule has 0 saturated heterocycles. The molecular formula is C21H21N3O4S. The Kier molecular flexibility index (Phi) is 5.95. The number of rotatable bonds is 6. The van der Waals surface area contributed by atoms with Crippen molar-refractivity contribution >= 4 is 32.9 Å². The molecule has 3 aromatic rings. The van der Waals surface area contributed by atoms with Gasteiger partial charge in [-0.05, 0) is 35.0 Å². The molecular weight excluding hydrogens is 390 g/mol. The number of ether oxygens (including phenoxy) is 1. The van der Waals surface area contributed by atoms with Gasteiger partial charge < -0.3 is 4.74 Å². The molecule has 0 fully saturated rings. The Balaban J connectivity index is 1.85. The van der Waals surface area contributed by atoms with E-state index in [1.807, 2.05) is 36.4 Å².